The van der Waals surface area contributed by atoms with Crippen LogP contribution in [0.5, 0.6) is 5.75 Å². The number of anilines is 2. The number of nitrogens with two attached hydrogens (primary N) is 1. The van der Waals surface area contributed by atoms with Gasteiger partial charge in [-0.3, -0.25) is 0 Å². The number of thiophene rings is 1. The van der Waals surface area contributed by atoms with Gasteiger partial charge in [0, 0.05) is 32.3 Å². The molecule has 0 aliphatic heterocycles. The summed E-state index contributed by atoms with van der Waals surface area (Å²) < 4.78 is 5.75. The third kappa shape index (κ3) is 3.17. The van der Waals surface area contributed by atoms with E-state index < -0.39 is 0 Å². The average Bonchev–Trinajstić information content (AvgIpc) is 2.84. The van der Waals surface area contributed by atoms with Crippen LogP contribution < -0.4 is 15.4 Å². The Kier molecular flexibility index (Phi) is 4.10. The topological polar surface area (TPSA) is 38.5 Å². The third-order valence-electron chi connectivity index (χ3n) is 2.74. The van der Waals surface area contributed by atoms with Crippen LogP contribution in [0.15, 0.2) is 35.0 Å². The summed E-state index contributed by atoms with van der Waals surface area (Å²) in [7, 11) is 4.00. The second kappa shape index (κ2) is 5.78. The van der Waals surface area contributed by atoms with E-state index in [-0.39, 0.29) is 0 Å². The molecule has 2 N–H and O–H groups in total. The maximum atomic E-state index is 5.91. The number of hydrogen-bond donors (Lipinski definition) is 1. The molecule has 2 aromatic rings. The minimum absolute atomic E-state index is 0.651. The molecule has 3 nitrogen and oxygen atoms in total. The van der Waals surface area contributed by atoms with E-state index in [1.807, 2.05) is 37.2 Å². The molecule has 0 saturated heterocycles. The average molecular weight is 262 g/mol. The molecule has 0 bridgehead atoms. The zero-order chi connectivity index (χ0) is 13.0. The highest BCUT2D eigenvalue weighted by Gasteiger charge is 2.04. The number of benzene rings is 1. The summed E-state index contributed by atoms with van der Waals surface area (Å²) >= 11 is 1.71. The lowest BCUT2D eigenvalue weighted by atomic mass is 10.2. The molecular weight excluding hydrogens is 244 g/mol. The zero-order valence-electron chi connectivity index (χ0n) is 10.7. The molecule has 0 saturated carbocycles. The second-order valence-electron chi connectivity index (χ2n) is 4.35. The van der Waals surface area contributed by atoms with Gasteiger partial charge >= 0.3 is 0 Å². The van der Waals surface area contributed by atoms with Gasteiger partial charge in [-0.1, -0.05) is 0 Å². The lowest BCUT2D eigenvalue weighted by Crippen LogP contribution is -2.09. The van der Waals surface area contributed by atoms with Gasteiger partial charge in [0.15, 0.2) is 0 Å². The summed E-state index contributed by atoms with van der Waals surface area (Å²) in [5, 5.41) is 4.22. The fourth-order valence-electron chi connectivity index (χ4n) is 1.64. The van der Waals surface area contributed by atoms with Crippen molar-refractivity contribution in [2.24, 2.45) is 0 Å². The second-order valence-corrected chi connectivity index (χ2v) is 5.13. The lowest BCUT2D eigenvalue weighted by Gasteiger charge is -2.15. The SMILES string of the molecule is CN(C)c1ccc(N)c(OCCc2ccsc2)c1. The minimum atomic E-state index is 0.651. The molecule has 4 heteroatoms. The number of nitrogens with zero attached hydrogens (tertiary/aromatic N) is 1. The van der Waals surface area contributed by atoms with E-state index >= 15 is 0 Å². The predicted octanol–water partition coefficient (Wildman–Crippen LogP) is 3.02. The van der Waals surface area contributed by atoms with E-state index in [0.29, 0.717) is 12.3 Å². The highest BCUT2D eigenvalue weighted by molar-refractivity contribution is 7.07. The first-order chi connectivity index (χ1) is 8.66. The smallest absolute Gasteiger partial charge is 0.144 e. The Morgan fingerprint density at radius 2 is 2.11 bits per heavy atom. The monoisotopic (exact) mass is 262 g/mol. The zero-order valence-corrected chi connectivity index (χ0v) is 11.5. The maximum absolute atomic E-state index is 5.91. The molecule has 2 rings (SSSR count). The summed E-state index contributed by atoms with van der Waals surface area (Å²) in [5.41, 5.74) is 8.99. The molecule has 1 aromatic heterocycles. The van der Waals surface area contributed by atoms with Crippen molar-refractivity contribution in [3.63, 3.8) is 0 Å². The van der Waals surface area contributed by atoms with Crippen LogP contribution in [0.4, 0.5) is 11.4 Å². The van der Waals surface area contributed by atoms with Crippen LogP contribution >= 0.6 is 11.3 Å². The minimum Gasteiger partial charge on any atom is -0.491 e. The van der Waals surface area contributed by atoms with Crippen LogP contribution in [-0.4, -0.2) is 20.7 Å². The van der Waals surface area contributed by atoms with Gasteiger partial charge in [-0.05, 0) is 34.5 Å². The number of ether oxygens (including phenoxy) is 1. The van der Waals surface area contributed by atoms with Crippen LogP contribution in [0.3, 0.4) is 0 Å². The molecule has 0 atom stereocenters. The van der Waals surface area contributed by atoms with E-state index in [4.69, 9.17) is 10.5 Å². The van der Waals surface area contributed by atoms with Crippen molar-refractivity contribution >= 4 is 22.7 Å². The maximum Gasteiger partial charge on any atom is 0.144 e. The van der Waals surface area contributed by atoms with E-state index in [1.54, 1.807) is 11.3 Å². The summed E-state index contributed by atoms with van der Waals surface area (Å²) in [4.78, 5) is 2.03. The molecular formula is C14H18N2OS. The third-order valence-corrected chi connectivity index (χ3v) is 3.47. The fourth-order valence-corrected chi connectivity index (χ4v) is 2.34. The summed E-state index contributed by atoms with van der Waals surface area (Å²) in [5.74, 6) is 0.761. The number of nitrogen functional groups attached to an aromatic ring is 1. The molecule has 0 amide bonds. The van der Waals surface area contributed by atoms with Gasteiger partial charge in [-0.2, -0.15) is 11.3 Å². The number of hydrogen-bond acceptors (Lipinski definition) is 4. The Balaban J connectivity index is 1.97. The van der Waals surface area contributed by atoms with E-state index in [2.05, 4.69) is 16.8 Å². The van der Waals surface area contributed by atoms with Crippen molar-refractivity contribution in [3.8, 4) is 5.75 Å². The predicted molar refractivity (Wildman–Crippen MR) is 78.7 cm³/mol. The number of rotatable bonds is 5. The van der Waals surface area contributed by atoms with Gasteiger partial charge in [0.2, 0.25) is 0 Å². The molecule has 0 aliphatic rings. The van der Waals surface area contributed by atoms with Crippen molar-refractivity contribution in [1.29, 1.82) is 0 Å². The Hall–Kier alpha value is -1.68. The van der Waals surface area contributed by atoms with Crippen LogP contribution in [-0.2, 0) is 6.42 Å². The van der Waals surface area contributed by atoms with Gasteiger partial charge in [-0.25, -0.2) is 0 Å². The molecule has 96 valence electrons. The van der Waals surface area contributed by atoms with Crippen molar-refractivity contribution in [2.45, 2.75) is 6.42 Å². The van der Waals surface area contributed by atoms with E-state index in [1.165, 1.54) is 5.56 Å². The van der Waals surface area contributed by atoms with Crippen molar-refractivity contribution in [1.82, 2.24) is 0 Å². The van der Waals surface area contributed by atoms with Crippen LogP contribution in [0, 0.1) is 0 Å². The van der Waals surface area contributed by atoms with Crippen molar-refractivity contribution in [3.05, 3.63) is 40.6 Å². The Labute approximate surface area is 112 Å². The van der Waals surface area contributed by atoms with Gasteiger partial charge in [-0.15, -0.1) is 0 Å². The first-order valence-corrected chi connectivity index (χ1v) is 6.82. The first-order valence-electron chi connectivity index (χ1n) is 5.87. The van der Waals surface area contributed by atoms with Crippen LogP contribution in [0.1, 0.15) is 5.56 Å². The van der Waals surface area contributed by atoms with Crippen LogP contribution in [0.2, 0.25) is 0 Å². The Bertz CT molecular complexity index is 495. The highest BCUT2D eigenvalue weighted by Crippen LogP contribution is 2.26. The van der Waals surface area contributed by atoms with Gasteiger partial charge in [0.25, 0.3) is 0 Å². The molecule has 1 aromatic carbocycles. The molecule has 0 spiro atoms. The van der Waals surface area contributed by atoms with E-state index in [9.17, 15) is 0 Å². The van der Waals surface area contributed by atoms with Crippen molar-refractivity contribution < 1.29 is 4.74 Å². The Morgan fingerprint density at radius 1 is 1.28 bits per heavy atom. The van der Waals surface area contributed by atoms with Crippen molar-refractivity contribution in [2.75, 3.05) is 31.3 Å². The fraction of sp³-hybridized carbons (Fsp3) is 0.286. The molecule has 1 heterocycles. The molecule has 18 heavy (non-hydrogen) atoms. The quantitative estimate of drug-likeness (QED) is 0.842. The highest BCUT2D eigenvalue weighted by atomic mass is 32.1. The lowest BCUT2D eigenvalue weighted by molar-refractivity contribution is 0.324. The molecule has 0 fully saturated rings. The standard InChI is InChI=1S/C14H18N2OS/c1-16(2)12-3-4-13(15)14(9-12)17-7-5-11-6-8-18-10-11/h3-4,6,8-10H,5,7,15H2,1-2H3. The van der Waals surface area contributed by atoms with Gasteiger partial charge < -0.3 is 15.4 Å². The van der Waals surface area contributed by atoms with Gasteiger partial charge in [0.1, 0.15) is 5.75 Å². The van der Waals surface area contributed by atoms with E-state index in [0.717, 1.165) is 17.9 Å². The summed E-state index contributed by atoms with van der Waals surface area (Å²) in [6.45, 7) is 0.651. The summed E-state index contributed by atoms with van der Waals surface area (Å²) in [6.07, 6.45) is 0.912. The van der Waals surface area contributed by atoms with Gasteiger partial charge in [0.05, 0.1) is 12.3 Å². The first kappa shape index (κ1) is 12.8. The van der Waals surface area contributed by atoms with Crippen LogP contribution in [0.25, 0.3) is 0 Å². The molecule has 0 radical (unpaired) electrons. The normalized spacial score (nSPS) is 10.3. The molecule has 0 unspecified atom stereocenters. The molecule has 0 aliphatic carbocycles. The summed E-state index contributed by atoms with van der Waals surface area (Å²) in [6, 6.07) is 7.97. The largest absolute Gasteiger partial charge is 0.491 e. The Morgan fingerprint density at radius 3 is 2.78 bits per heavy atom.